The molecule has 0 heterocycles. The molecule has 24 heavy (non-hydrogen) atoms. The topological polar surface area (TPSA) is 72.0 Å². The van der Waals surface area contributed by atoms with Crippen molar-refractivity contribution in [2.75, 3.05) is 19.0 Å². The molecule has 2 amide bonds. The molecule has 126 valence electrons. The van der Waals surface area contributed by atoms with E-state index in [-0.39, 0.29) is 0 Å². The Bertz CT molecular complexity index is 729. The van der Waals surface area contributed by atoms with Gasteiger partial charge in [-0.1, -0.05) is 18.2 Å². The molecule has 2 aromatic rings. The van der Waals surface area contributed by atoms with Gasteiger partial charge in [0.1, 0.15) is 0 Å². The van der Waals surface area contributed by atoms with Crippen LogP contribution in [0.4, 0.5) is 10.5 Å². The maximum atomic E-state index is 11.8. The van der Waals surface area contributed by atoms with Crippen LogP contribution in [0.15, 0.2) is 47.6 Å². The van der Waals surface area contributed by atoms with Crippen LogP contribution in [0.25, 0.3) is 0 Å². The fourth-order valence-corrected chi connectivity index (χ4v) is 2.07. The number of nitrogens with zero attached hydrogens (tertiary/aromatic N) is 1. The van der Waals surface area contributed by atoms with Crippen molar-refractivity contribution in [1.29, 1.82) is 0 Å². The van der Waals surface area contributed by atoms with Crippen LogP contribution in [0, 0.1) is 6.92 Å². The summed E-state index contributed by atoms with van der Waals surface area (Å²) in [5.41, 5.74) is 4.94. The summed E-state index contributed by atoms with van der Waals surface area (Å²) in [5.74, 6) is 1.28. The summed E-state index contributed by atoms with van der Waals surface area (Å²) in [5, 5.41) is 6.67. The molecule has 0 radical (unpaired) electrons. The molecule has 0 atom stereocenters. The SMILES string of the molecule is CCOc1ccc(/C=N\NC(=O)Nc2ccccc2C)cc1OC. The number of hydrogen-bond donors (Lipinski definition) is 2. The number of benzene rings is 2. The number of nitrogens with one attached hydrogen (secondary N) is 2. The van der Waals surface area contributed by atoms with E-state index in [9.17, 15) is 4.79 Å². The molecular formula is C18H21N3O3. The Morgan fingerprint density at radius 2 is 2.00 bits per heavy atom. The highest BCUT2D eigenvalue weighted by Crippen LogP contribution is 2.27. The lowest BCUT2D eigenvalue weighted by atomic mass is 10.2. The smallest absolute Gasteiger partial charge is 0.339 e. The van der Waals surface area contributed by atoms with Crippen LogP contribution in [-0.2, 0) is 0 Å². The number of para-hydroxylation sites is 1. The zero-order valence-electron chi connectivity index (χ0n) is 14.0. The van der Waals surface area contributed by atoms with Gasteiger partial charge in [0.15, 0.2) is 11.5 Å². The first-order valence-corrected chi connectivity index (χ1v) is 7.60. The predicted octanol–water partition coefficient (Wildman–Crippen LogP) is 3.56. The van der Waals surface area contributed by atoms with Gasteiger partial charge in [0.25, 0.3) is 0 Å². The molecule has 0 aromatic heterocycles. The quantitative estimate of drug-likeness (QED) is 0.629. The van der Waals surface area contributed by atoms with Gasteiger partial charge in [0.2, 0.25) is 0 Å². The molecule has 2 N–H and O–H groups in total. The van der Waals surface area contributed by atoms with E-state index in [0.717, 1.165) is 16.8 Å². The van der Waals surface area contributed by atoms with Crippen molar-refractivity contribution in [3.05, 3.63) is 53.6 Å². The van der Waals surface area contributed by atoms with E-state index >= 15 is 0 Å². The first-order chi connectivity index (χ1) is 11.6. The van der Waals surface area contributed by atoms with Crippen LogP contribution >= 0.6 is 0 Å². The average molecular weight is 327 g/mol. The summed E-state index contributed by atoms with van der Waals surface area (Å²) >= 11 is 0. The highest BCUT2D eigenvalue weighted by atomic mass is 16.5. The van der Waals surface area contributed by atoms with Gasteiger partial charge >= 0.3 is 6.03 Å². The number of rotatable bonds is 6. The molecule has 0 fully saturated rings. The maximum absolute atomic E-state index is 11.8. The Morgan fingerprint density at radius 3 is 2.71 bits per heavy atom. The third-order valence-electron chi connectivity index (χ3n) is 3.26. The number of aryl methyl sites for hydroxylation is 1. The molecule has 2 rings (SSSR count). The normalized spacial score (nSPS) is 10.5. The minimum atomic E-state index is -0.404. The van der Waals surface area contributed by atoms with Crippen LogP contribution in [0.2, 0.25) is 0 Å². The van der Waals surface area contributed by atoms with Crippen molar-refractivity contribution in [2.24, 2.45) is 5.10 Å². The van der Waals surface area contributed by atoms with Crippen LogP contribution in [0.3, 0.4) is 0 Å². The average Bonchev–Trinajstić information content (AvgIpc) is 2.58. The number of urea groups is 1. The second-order valence-corrected chi connectivity index (χ2v) is 4.98. The molecule has 0 saturated heterocycles. The molecule has 0 unspecified atom stereocenters. The fraction of sp³-hybridized carbons (Fsp3) is 0.222. The summed E-state index contributed by atoms with van der Waals surface area (Å²) in [6.07, 6.45) is 1.54. The number of hydrazone groups is 1. The maximum Gasteiger partial charge on any atom is 0.339 e. The van der Waals surface area contributed by atoms with Gasteiger partial charge in [0, 0.05) is 5.69 Å². The Morgan fingerprint density at radius 1 is 1.21 bits per heavy atom. The Balaban J connectivity index is 1.96. The van der Waals surface area contributed by atoms with Crippen molar-refractivity contribution < 1.29 is 14.3 Å². The lowest BCUT2D eigenvalue weighted by Gasteiger charge is -2.09. The van der Waals surface area contributed by atoms with Crippen molar-refractivity contribution in [3.8, 4) is 11.5 Å². The molecule has 0 aliphatic carbocycles. The number of amides is 2. The lowest BCUT2D eigenvalue weighted by Crippen LogP contribution is -2.24. The standard InChI is InChI=1S/C18H21N3O3/c1-4-24-16-10-9-14(11-17(16)23-3)12-19-21-18(22)20-15-8-6-5-7-13(15)2/h5-12H,4H2,1-3H3,(H2,20,21,22)/b19-12-. The van der Waals surface area contributed by atoms with Crippen LogP contribution in [-0.4, -0.2) is 26.0 Å². The molecule has 6 nitrogen and oxygen atoms in total. The molecular weight excluding hydrogens is 306 g/mol. The first kappa shape index (κ1) is 17.3. The van der Waals surface area contributed by atoms with Crippen molar-refractivity contribution in [2.45, 2.75) is 13.8 Å². The van der Waals surface area contributed by atoms with Crippen LogP contribution in [0.5, 0.6) is 11.5 Å². The van der Waals surface area contributed by atoms with E-state index in [0.29, 0.717) is 18.1 Å². The van der Waals surface area contributed by atoms with E-state index in [2.05, 4.69) is 15.8 Å². The predicted molar refractivity (Wildman–Crippen MR) is 95.1 cm³/mol. The minimum Gasteiger partial charge on any atom is -0.493 e. The van der Waals surface area contributed by atoms with Gasteiger partial charge in [-0.25, -0.2) is 10.2 Å². The van der Waals surface area contributed by atoms with Gasteiger partial charge in [-0.2, -0.15) is 5.10 Å². The first-order valence-electron chi connectivity index (χ1n) is 7.60. The second-order valence-electron chi connectivity index (χ2n) is 4.98. The minimum absolute atomic E-state index is 0.404. The molecule has 0 aliphatic heterocycles. The molecule has 0 bridgehead atoms. The molecule has 6 heteroatoms. The number of ether oxygens (including phenoxy) is 2. The van der Waals surface area contributed by atoms with E-state index in [1.807, 2.05) is 44.2 Å². The molecule has 0 saturated carbocycles. The summed E-state index contributed by atoms with van der Waals surface area (Å²) < 4.78 is 10.7. The molecule has 0 spiro atoms. The monoisotopic (exact) mass is 327 g/mol. The van der Waals surface area contributed by atoms with Crippen molar-refractivity contribution in [1.82, 2.24) is 5.43 Å². The Labute approximate surface area is 141 Å². The number of carbonyl (C=O) groups is 1. The van der Waals surface area contributed by atoms with Gasteiger partial charge in [-0.15, -0.1) is 0 Å². The van der Waals surface area contributed by atoms with Crippen molar-refractivity contribution >= 4 is 17.9 Å². The van der Waals surface area contributed by atoms with Crippen molar-refractivity contribution in [3.63, 3.8) is 0 Å². The molecule has 0 aliphatic rings. The summed E-state index contributed by atoms with van der Waals surface area (Å²) in [6, 6.07) is 12.5. The summed E-state index contributed by atoms with van der Waals surface area (Å²) in [6.45, 7) is 4.39. The fourth-order valence-electron chi connectivity index (χ4n) is 2.07. The zero-order valence-corrected chi connectivity index (χ0v) is 14.0. The van der Waals surface area contributed by atoms with Gasteiger partial charge < -0.3 is 14.8 Å². The second kappa shape index (κ2) is 8.57. The summed E-state index contributed by atoms with van der Waals surface area (Å²) in [7, 11) is 1.58. The third-order valence-corrected chi connectivity index (χ3v) is 3.26. The number of hydrogen-bond acceptors (Lipinski definition) is 4. The van der Waals surface area contributed by atoms with Gasteiger partial charge in [-0.3, -0.25) is 0 Å². The van der Waals surface area contributed by atoms with Gasteiger partial charge in [-0.05, 0) is 49.2 Å². The van der Waals surface area contributed by atoms with Gasteiger partial charge in [0.05, 0.1) is 19.9 Å². The highest BCUT2D eigenvalue weighted by Gasteiger charge is 2.05. The Kier molecular flexibility index (Phi) is 6.19. The number of carbonyl (C=O) groups excluding carboxylic acids is 1. The number of anilines is 1. The van der Waals surface area contributed by atoms with E-state index < -0.39 is 6.03 Å². The lowest BCUT2D eigenvalue weighted by molar-refractivity contribution is 0.252. The molecule has 2 aromatic carbocycles. The van der Waals surface area contributed by atoms with E-state index in [1.54, 1.807) is 19.2 Å². The van der Waals surface area contributed by atoms with Crippen LogP contribution in [0.1, 0.15) is 18.1 Å². The number of methoxy groups -OCH3 is 1. The van der Waals surface area contributed by atoms with Crippen LogP contribution < -0.4 is 20.2 Å². The summed E-state index contributed by atoms with van der Waals surface area (Å²) in [4.78, 5) is 11.8. The zero-order chi connectivity index (χ0) is 17.4. The van der Waals surface area contributed by atoms with E-state index in [4.69, 9.17) is 9.47 Å². The van der Waals surface area contributed by atoms with E-state index in [1.165, 1.54) is 6.21 Å². The largest absolute Gasteiger partial charge is 0.493 e. The highest BCUT2D eigenvalue weighted by molar-refractivity contribution is 5.91. The third kappa shape index (κ3) is 4.74. The Hall–Kier alpha value is -3.02.